The highest BCUT2D eigenvalue weighted by Gasteiger charge is 2.16. The Hall–Kier alpha value is -2.83. The average molecular weight is 481 g/mol. The lowest BCUT2D eigenvalue weighted by Crippen LogP contribution is -2.06. The van der Waals surface area contributed by atoms with Gasteiger partial charge in [0, 0.05) is 10.9 Å². The van der Waals surface area contributed by atoms with Crippen molar-refractivity contribution in [1.29, 1.82) is 0 Å². The highest BCUT2D eigenvalue weighted by Crippen LogP contribution is 2.25. The van der Waals surface area contributed by atoms with Gasteiger partial charge in [0.25, 0.3) is 20.2 Å². The fourth-order valence-corrected chi connectivity index (χ4v) is 4.90. The normalized spacial score (nSPS) is 13.3. The maximum atomic E-state index is 11.1. The molecule has 0 fully saturated rings. The van der Waals surface area contributed by atoms with Crippen molar-refractivity contribution < 1.29 is 34.4 Å². The zero-order chi connectivity index (χ0) is 22.8. The molecule has 0 aliphatic heterocycles. The van der Waals surface area contributed by atoms with E-state index in [1.54, 1.807) is 6.08 Å². The van der Waals surface area contributed by atoms with E-state index in [0.717, 1.165) is 29.7 Å². The molecule has 3 aromatic rings. The third-order valence-electron chi connectivity index (χ3n) is 4.46. The van der Waals surface area contributed by atoms with E-state index >= 15 is 0 Å². The van der Waals surface area contributed by atoms with Gasteiger partial charge in [0.2, 0.25) is 10.3 Å². The van der Waals surface area contributed by atoms with E-state index in [2.05, 4.69) is 0 Å². The zero-order valence-electron chi connectivity index (χ0n) is 15.7. The first-order valence-electron chi connectivity index (χ1n) is 8.67. The summed E-state index contributed by atoms with van der Waals surface area (Å²) in [7, 11) is -10.9. The Balaban J connectivity index is 0.000000185. The van der Waals surface area contributed by atoms with Gasteiger partial charge in [0.1, 0.15) is 9.76 Å². The van der Waals surface area contributed by atoms with Gasteiger partial charge in [-0.1, -0.05) is 48.5 Å². The minimum Gasteiger partial charge on any atom is -0.282 e. The highest BCUT2D eigenvalue weighted by atomic mass is 32.2. The molecule has 0 saturated carbocycles. The molecule has 0 saturated heterocycles. The molecule has 8 nitrogen and oxygen atoms in total. The Morgan fingerprint density at radius 2 is 1.52 bits per heavy atom. The van der Waals surface area contributed by atoms with Crippen LogP contribution < -0.4 is 0 Å². The molecule has 0 atom stereocenters. The number of allylic oxidation sites excluding steroid dienone is 2. The van der Waals surface area contributed by atoms with Crippen LogP contribution in [0.5, 0.6) is 0 Å². The van der Waals surface area contributed by atoms with Gasteiger partial charge in [-0.05, 0) is 41.6 Å². The molecule has 31 heavy (non-hydrogen) atoms. The molecule has 1 aliphatic carbocycles. The van der Waals surface area contributed by atoms with Crippen LogP contribution in [0.3, 0.4) is 0 Å². The second-order valence-corrected chi connectivity index (χ2v) is 10.2. The first kappa shape index (κ1) is 22.8. The SMILES string of the molecule is O=S(=O)(O)c1ccc2c(S(=O)(=O)O)cccc2c1.O=S(=O)=C1C=CCc2ccccc21. The summed E-state index contributed by atoms with van der Waals surface area (Å²) in [5.74, 6) is 0. The Labute approximate surface area is 180 Å². The lowest BCUT2D eigenvalue weighted by atomic mass is 9.97. The van der Waals surface area contributed by atoms with Crippen molar-refractivity contribution in [2.45, 2.75) is 16.2 Å². The average Bonchev–Trinajstić information content (AvgIpc) is 2.71. The van der Waals surface area contributed by atoms with Crippen LogP contribution in [0.1, 0.15) is 11.1 Å². The van der Waals surface area contributed by atoms with Crippen LogP contribution in [0.15, 0.2) is 82.6 Å². The Morgan fingerprint density at radius 1 is 0.806 bits per heavy atom. The lowest BCUT2D eigenvalue weighted by molar-refractivity contribution is 0.482. The summed E-state index contributed by atoms with van der Waals surface area (Å²) in [5.41, 5.74) is 1.91. The van der Waals surface area contributed by atoms with Crippen LogP contribution in [0.4, 0.5) is 0 Å². The molecular weight excluding hydrogens is 464 g/mol. The van der Waals surface area contributed by atoms with Crippen molar-refractivity contribution >= 4 is 46.2 Å². The summed E-state index contributed by atoms with van der Waals surface area (Å²) >= 11 is 0. The van der Waals surface area contributed by atoms with Gasteiger partial charge in [-0.2, -0.15) is 25.3 Å². The lowest BCUT2D eigenvalue weighted by Gasteiger charge is -2.09. The van der Waals surface area contributed by atoms with Crippen molar-refractivity contribution in [2.75, 3.05) is 0 Å². The molecule has 3 aromatic carbocycles. The predicted octanol–water partition coefficient (Wildman–Crippen LogP) is 2.53. The molecule has 11 heteroatoms. The number of hydrogen-bond acceptors (Lipinski definition) is 6. The first-order valence-corrected chi connectivity index (χ1v) is 12.6. The highest BCUT2D eigenvalue weighted by molar-refractivity contribution is 7.86. The molecule has 4 rings (SSSR count). The van der Waals surface area contributed by atoms with E-state index < -0.39 is 30.5 Å². The maximum Gasteiger partial charge on any atom is 0.295 e. The second-order valence-electron chi connectivity index (χ2n) is 6.45. The molecule has 0 amide bonds. The van der Waals surface area contributed by atoms with E-state index in [9.17, 15) is 25.3 Å². The predicted molar refractivity (Wildman–Crippen MR) is 116 cm³/mol. The van der Waals surface area contributed by atoms with Crippen molar-refractivity contribution in [3.05, 3.63) is 83.9 Å². The van der Waals surface area contributed by atoms with Crippen LogP contribution in [0.2, 0.25) is 0 Å². The third-order valence-corrected chi connectivity index (χ3v) is 6.93. The molecule has 0 aromatic heterocycles. The molecule has 0 bridgehead atoms. The van der Waals surface area contributed by atoms with Gasteiger partial charge in [-0.25, -0.2) is 0 Å². The van der Waals surface area contributed by atoms with Crippen LogP contribution >= 0.6 is 0 Å². The van der Waals surface area contributed by atoms with Crippen LogP contribution in [-0.2, 0) is 37.0 Å². The minimum atomic E-state index is -4.39. The summed E-state index contributed by atoms with van der Waals surface area (Å²) in [6, 6.07) is 15.0. The van der Waals surface area contributed by atoms with E-state index in [1.807, 2.05) is 30.3 Å². The summed E-state index contributed by atoms with van der Waals surface area (Å²) in [6.45, 7) is 0. The minimum absolute atomic E-state index is 0.174. The van der Waals surface area contributed by atoms with Crippen molar-refractivity contribution in [3.63, 3.8) is 0 Å². The van der Waals surface area contributed by atoms with E-state index in [1.165, 1.54) is 24.3 Å². The van der Waals surface area contributed by atoms with E-state index in [4.69, 9.17) is 9.11 Å². The summed E-state index contributed by atoms with van der Waals surface area (Å²) in [6.07, 6.45) is 4.34. The van der Waals surface area contributed by atoms with Crippen molar-refractivity contribution in [2.24, 2.45) is 0 Å². The molecule has 0 radical (unpaired) electrons. The number of benzene rings is 3. The van der Waals surface area contributed by atoms with Crippen molar-refractivity contribution in [1.82, 2.24) is 0 Å². The molecule has 0 heterocycles. The summed E-state index contributed by atoms with van der Waals surface area (Å²) in [5, 5.41) is 0.452. The van der Waals surface area contributed by atoms with Gasteiger partial charge < -0.3 is 0 Å². The van der Waals surface area contributed by atoms with E-state index in [0.29, 0.717) is 4.86 Å². The van der Waals surface area contributed by atoms with Gasteiger partial charge >= 0.3 is 0 Å². The molecular formula is C20H16O8S3. The number of hydrogen-bond donors (Lipinski definition) is 2. The second kappa shape index (κ2) is 8.73. The van der Waals surface area contributed by atoms with Gasteiger partial charge in [-0.3, -0.25) is 9.11 Å². The number of fused-ring (bicyclic) bond motifs is 2. The quantitative estimate of drug-likeness (QED) is 0.421. The Bertz CT molecular complexity index is 1540. The van der Waals surface area contributed by atoms with Gasteiger partial charge in [-0.15, -0.1) is 0 Å². The fourth-order valence-electron chi connectivity index (χ4n) is 3.08. The maximum absolute atomic E-state index is 11.1. The smallest absolute Gasteiger partial charge is 0.282 e. The van der Waals surface area contributed by atoms with E-state index in [-0.39, 0.29) is 20.6 Å². The number of rotatable bonds is 2. The standard InChI is InChI=1S/C10H8O6S2.C10H8O2S/c11-17(12,13)8-4-5-9-7(6-8)2-1-3-10(9)18(14,15)16;11-13(12)10-7-3-5-8-4-1-2-6-9(8)10/h1-6H,(H,11,12,13)(H,14,15,16);1-4,6-7H,5H2. The monoisotopic (exact) mass is 480 g/mol. The zero-order valence-corrected chi connectivity index (χ0v) is 18.2. The van der Waals surface area contributed by atoms with Gasteiger partial charge in [0.15, 0.2) is 0 Å². The first-order chi connectivity index (χ1) is 14.5. The molecule has 162 valence electrons. The van der Waals surface area contributed by atoms with Crippen LogP contribution in [0, 0.1) is 0 Å². The summed E-state index contributed by atoms with van der Waals surface area (Å²) < 4.78 is 83.7. The Kier molecular flexibility index (Phi) is 6.43. The van der Waals surface area contributed by atoms with Crippen LogP contribution in [-0.4, -0.2) is 39.2 Å². The molecule has 0 spiro atoms. The molecule has 1 aliphatic rings. The fraction of sp³-hybridized carbons (Fsp3) is 0.0500. The third kappa shape index (κ3) is 5.27. The van der Waals surface area contributed by atoms with Crippen molar-refractivity contribution in [3.8, 4) is 0 Å². The van der Waals surface area contributed by atoms with Crippen LogP contribution in [0.25, 0.3) is 10.8 Å². The topological polar surface area (TPSA) is 143 Å². The Morgan fingerprint density at radius 3 is 2.16 bits per heavy atom. The van der Waals surface area contributed by atoms with Gasteiger partial charge in [0.05, 0.1) is 4.90 Å². The molecule has 2 N–H and O–H groups in total. The largest absolute Gasteiger partial charge is 0.295 e. The molecule has 0 unspecified atom stereocenters. The summed E-state index contributed by atoms with van der Waals surface area (Å²) in [4.78, 5) is -0.272.